The van der Waals surface area contributed by atoms with E-state index in [4.69, 9.17) is 0 Å². The number of hydrogen-bond donors (Lipinski definition) is 0. The number of rotatable bonds is 4. The molecule has 1 saturated heterocycles. The first-order valence-corrected chi connectivity index (χ1v) is 8.33. The molecule has 1 aliphatic heterocycles. The van der Waals surface area contributed by atoms with Crippen molar-refractivity contribution in [3.63, 3.8) is 0 Å². The van der Waals surface area contributed by atoms with Gasteiger partial charge in [0, 0.05) is 44.1 Å². The maximum Gasteiger partial charge on any atom is 0.224 e. The summed E-state index contributed by atoms with van der Waals surface area (Å²) in [7, 11) is 0. The fourth-order valence-corrected chi connectivity index (χ4v) is 3.44. The Morgan fingerprint density at radius 2 is 2.17 bits per heavy atom. The van der Waals surface area contributed by atoms with Gasteiger partial charge in [-0.15, -0.1) is 0 Å². The van der Waals surface area contributed by atoms with Crippen molar-refractivity contribution in [2.45, 2.75) is 52.6 Å². The van der Waals surface area contributed by atoms with Gasteiger partial charge in [-0.1, -0.05) is 0 Å². The smallest absolute Gasteiger partial charge is 0.224 e. The monoisotopic (exact) mass is 315 g/mol. The van der Waals surface area contributed by atoms with Crippen molar-refractivity contribution >= 4 is 5.91 Å². The number of hydrogen-bond acceptors (Lipinski definition) is 3. The summed E-state index contributed by atoms with van der Waals surface area (Å²) >= 11 is 0. The van der Waals surface area contributed by atoms with E-state index in [0.29, 0.717) is 19.0 Å². The Hall–Kier alpha value is -2.11. The molecule has 1 fully saturated rings. The fourth-order valence-electron chi connectivity index (χ4n) is 3.44. The molecule has 1 aliphatic rings. The second kappa shape index (κ2) is 6.56. The number of aromatic nitrogens is 4. The maximum atomic E-state index is 12.5. The number of likely N-dealkylation sites (tertiary alicyclic amines) is 1. The Bertz CT molecular complexity index is 687. The molecule has 0 bridgehead atoms. The highest BCUT2D eigenvalue weighted by atomic mass is 16.2. The van der Waals surface area contributed by atoms with E-state index in [-0.39, 0.29) is 5.91 Å². The van der Waals surface area contributed by atoms with Gasteiger partial charge in [0.15, 0.2) is 0 Å². The summed E-state index contributed by atoms with van der Waals surface area (Å²) in [6, 6.07) is 2.40. The molecule has 0 aromatic carbocycles. The lowest BCUT2D eigenvalue weighted by atomic mass is 10.0. The number of amides is 1. The number of nitrogens with zero attached hydrogens (tertiary/aromatic N) is 5. The Morgan fingerprint density at radius 3 is 2.83 bits per heavy atom. The van der Waals surface area contributed by atoms with E-state index in [9.17, 15) is 4.79 Å². The van der Waals surface area contributed by atoms with Crippen molar-refractivity contribution < 1.29 is 4.79 Å². The molecule has 1 unspecified atom stereocenters. The molecule has 0 radical (unpaired) electrons. The Morgan fingerprint density at radius 1 is 1.35 bits per heavy atom. The summed E-state index contributed by atoms with van der Waals surface area (Å²) in [4.78, 5) is 18.8. The predicted molar refractivity (Wildman–Crippen MR) is 88.1 cm³/mol. The number of carbonyl (C=O) groups is 1. The van der Waals surface area contributed by atoms with E-state index in [1.54, 1.807) is 0 Å². The minimum atomic E-state index is 0.222. The molecule has 6 nitrogen and oxygen atoms in total. The molecule has 0 saturated carbocycles. The summed E-state index contributed by atoms with van der Waals surface area (Å²) < 4.78 is 4.12. The number of piperidine rings is 1. The summed E-state index contributed by atoms with van der Waals surface area (Å²) in [5, 5.41) is 4.43. The third-order valence-corrected chi connectivity index (χ3v) is 4.65. The second-order valence-corrected chi connectivity index (χ2v) is 6.42. The van der Waals surface area contributed by atoms with Gasteiger partial charge in [0.2, 0.25) is 5.91 Å². The normalized spacial score (nSPS) is 18.4. The lowest BCUT2D eigenvalue weighted by Crippen LogP contribution is -2.41. The standard InChI is InChI=1S/C17H25N5O/c1-13-11-14(2)22(19-13)9-6-17(23)20-8-4-5-16(12-20)21-10-7-18-15(21)3/h7,10-11,16H,4-6,8-9,12H2,1-3H3. The quantitative estimate of drug-likeness (QED) is 0.869. The van der Waals surface area contributed by atoms with Crippen molar-refractivity contribution in [3.8, 4) is 0 Å². The Labute approximate surface area is 137 Å². The molecule has 3 rings (SSSR count). The maximum absolute atomic E-state index is 12.5. The third-order valence-electron chi connectivity index (χ3n) is 4.65. The zero-order valence-electron chi connectivity index (χ0n) is 14.2. The molecule has 0 N–H and O–H groups in total. The molecule has 2 aromatic rings. The van der Waals surface area contributed by atoms with Gasteiger partial charge in [0.05, 0.1) is 11.7 Å². The van der Waals surface area contributed by atoms with Crippen molar-refractivity contribution in [3.05, 3.63) is 35.7 Å². The van der Waals surface area contributed by atoms with Crippen molar-refractivity contribution in [1.82, 2.24) is 24.2 Å². The predicted octanol–water partition coefficient (Wildman–Crippen LogP) is 2.26. The highest BCUT2D eigenvalue weighted by Gasteiger charge is 2.25. The summed E-state index contributed by atoms with van der Waals surface area (Å²) in [5.74, 6) is 1.24. The van der Waals surface area contributed by atoms with E-state index in [1.165, 1.54) is 0 Å². The zero-order valence-corrected chi connectivity index (χ0v) is 14.2. The van der Waals surface area contributed by atoms with Gasteiger partial charge in [-0.3, -0.25) is 9.48 Å². The summed E-state index contributed by atoms with van der Waals surface area (Å²) in [5.41, 5.74) is 2.12. The number of aryl methyl sites for hydroxylation is 4. The van der Waals surface area contributed by atoms with Crippen LogP contribution in [0, 0.1) is 20.8 Å². The second-order valence-electron chi connectivity index (χ2n) is 6.42. The first-order valence-electron chi connectivity index (χ1n) is 8.33. The van der Waals surface area contributed by atoms with Crippen LogP contribution in [0.3, 0.4) is 0 Å². The van der Waals surface area contributed by atoms with E-state index in [2.05, 4.69) is 14.6 Å². The van der Waals surface area contributed by atoms with Crippen LogP contribution in [0.25, 0.3) is 0 Å². The Kier molecular flexibility index (Phi) is 4.50. The van der Waals surface area contributed by atoms with Gasteiger partial charge in [-0.2, -0.15) is 5.10 Å². The molecular weight excluding hydrogens is 290 g/mol. The van der Waals surface area contributed by atoms with Crippen LogP contribution in [0.2, 0.25) is 0 Å². The van der Waals surface area contributed by atoms with Gasteiger partial charge < -0.3 is 9.47 Å². The van der Waals surface area contributed by atoms with E-state index in [1.807, 2.05) is 48.8 Å². The van der Waals surface area contributed by atoms with Crippen molar-refractivity contribution in [1.29, 1.82) is 0 Å². The van der Waals surface area contributed by atoms with Crippen LogP contribution in [-0.4, -0.2) is 43.2 Å². The van der Waals surface area contributed by atoms with Crippen LogP contribution in [0.5, 0.6) is 0 Å². The lowest BCUT2D eigenvalue weighted by molar-refractivity contribution is -0.133. The van der Waals surface area contributed by atoms with Crippen LogP contribution < -0.4 is 0 Å². The number of carbonyl (C=O) groups excluding carboxylic acids is 1. The minimum Gasteiger partial charge on any atom is -0.341 e. The van der Waals surface area contributed by atoms with E-state index in [0.717, 1.165) is 43.1 Å². The van der Waals surface area contributed by atoms with Crippen molar-refractivity contribution in [2.24, 2.45) is 0 Å². The average molecular weight is 315 g/mol. The van der Waals surface area contributed by atoms with Crippen LogP contribution in [0.1, 0.15) is 42.5 Å². The first-order chi connectivity index (χ1) is 11.0. The summed E-state index contributed by atoms with van der Waals surface area (Å²) in [6.07, 6.45) is 6.52. The first kappa shape index (κ1) is 15.8. The third kappa shape index (κ3) is 3.46. The van der Waals surface area contributed by atoms with Gasteiger partial charge >= 0.3 is 0 Å². The molecular formula is C17H25N5O. The molecule has 124 valence electrons. The van der Waals surface area contributed by atoms with Crippen LogP contribution >= 0.6 is 0 Å². The van der Waals surface area contributed by atoms with E-state index < -0.39 is 0 Å². The van der Waals surface area contributed by atoms with Gasteiger partial charge in [0.1, 0.15) is 5.82 Å². The molecule has 0 spiro atoms. The summed E-state index contributed by atoms with van der Waals surface area (Å²) in [6.45, 7) is 8.33. The highest BCUT2D eigenvalue weighted by molar-refractivity contribution is 5.76. The average Bonchev–Trinajstić information content (AvgIpc) is 3.10. The molecule has 2 aromatic heterocycles. The van der Waals surface area contributed by atoms with Crippen LogP contribution in [-0.2, 0) is 11.3 Å². The van der Waals surface area contributed by atoms with Gasteiger partial charge in [0.25, 0.3) is 0 Å². The molecule has 6 heteroatoms. The molecule has 0 aliphatic carbocycles. The largest absolute Gasteiger partial charge is 0.341 e. The SMILES string of the molecule is Cc1cc(C)n(CCC(=O)N2CCCC(n3ccnc3C)C2)n1. The van der Waals surface area contributed by atoms with Crippen LogP contribution in [0.4, 0.5) is 0 Å². The Balaban J connectivity index is 1.59. The molecule has 23 heavy (non-hydrogen) atoms. The lowest BCUT2D eigenvalue weighted by Gasteiger charge is -2.34. The van der Waals surface area contributed by atoms with Crippen molar-refractivity contribution in [2.75, 3.05) is 13.1 Å². The van der Waals surface area contributed by atoms with Gasteiger partial charge in [-0.25, -0.2) is 4.98 Å². The minimum absolute atomic E-state index is 0.222. The van der Waals surface area contributed by atoms with Gasteiger partial charge in [-0.05, 0) is 39.7 Å². The van der Waals surface area contributed by atoms with E-state index >= 15 is 0 Å². The highest BCUT2D eigenvalue weighted by Crippen LogP contribution is 2.23. The zero-order chi connectivity index (χ0) is 16.4. The molecule has 3 heterocycles. The molecule has 1 atom stereocenters. The molecule has 1 amide bonds. The fraction of sp³-hybridized carbons (Fsp3) is 0.588. The van der Waals surface area contributed by atoms with Crippen LogP contribution in [0.15, 0.2) is 18.5 Å². The number of imidazole rings is 1. The topological polar surface area (TPSA) is 56.0 Å².